The maximum atomic E-state index is 12.8. The molecule has 1 atom stereocenters. The van der Waals surface area contributed by atoms with Crippen LogP contribution in [0.25, 0.3) is 11.0 Å². The summed E-state index contributed by atoms with van der Waals surface area (Å²) in [7, 11) is 1.64. The Morgan fingerprint density at radius 1 is 1.38 bits per heavy atom. The van der Waals surface area contributed by atoms with Crippen LogP contribution in [0.5, 0.6) is 5.75 Å². The van der Waals surface area contributed by atoms with Gasteiger partial charge in [-0.1, -0.05) is 0 Å². The average molecular weight is 287 g/mol. The van der Waals surface area contributed by atoms with Gasteiger partial charge in [0.2, 0.25) is 0 Å². The van der Waals surface area contributed by atoms with Crippen molar-refractivity contribution < 1.29 is 13.9 Å². The lowest BCUT2D eigenvalue weighted by atomic mass is 10.0. The van der Waals surface area contributed by atoms with Gasteiger partial charge in [0.1, 0.15) is 11.3 Å². The smallest absolute Gasteiger partial charge is 0.290 e. The minimum absolute atomic E-state index is 0.00914. The van der Waals surface area contributed by atoms with Crippen molar-refractivity contribution in [3.05, 3.63) is 29.5 Å². The van der Waals surface area contributed by atoms with E-state index in [0.717, 1.165) is 41.7 Å². The molecule has 1 fully saturated rings. The fraction of sp³-hybridized carbons (Fsp3) is 0.471. The Balaban J connectivity index is 2.00. The van der Waals surface area contributed by atoms with E-state index in [4.69, 9.17) is 9.15 Å². The summed E-state index contributed by atoms with van der Waals surface area (Å²) >= 11 is 0. The van der Waals surface area contributed by atoms with Crippen LogP contribution in [-0.2, 0) is 0 Å². The molecule has 1 amide bonds. The van der Waals surface area contributed by atoms with Crippen LogP contribution in [-0.4, -0.2) is 30.5 Å². The van der Waals surface area contributed by atoms with Gasteiger partial charge in [0.05, 0.1) is 7.11 Å². The van der Waals surface area contributed by atoms with Crippen LogP contribution >= 0.6 is 0 Å². The SMILES string of the molecule is COc1ccc2oc(C(=O)N3CCCC[C@@H]3C)c(C)c2c1. The number of fused-ring (bicyclic) bond motifs is 1. The largest absolute Gasteiger partial charge is 0.497 e. The predicted octanol–water partition coefficient (Wildman–Crippen LogP) is 3.76. The van der Waals surface area contributed by atoms with E-state index in [1.807, 2.05) is 30.0 Å². The highest BCUT2D eigenvalue weighted by Crippen LogP contribution is 2.30. The van der Waals surface area contributed by atoms with E-state index in [9.17, 15) is 4.79 Å². The van der Waals surface area contributed by atoms with Crippen LogP contribution in [0.4, 0.5) is 0 Å². The highest BCUT2D eigenvalue weighted by Gasteiger charge is 2.28. The van der Waals surface area contributed by atoms with Gasteiger partial charge in [0.25, 0.3) is 5.91 Å². The maximum absolute atomic E-state index is 12.8. The summed E-state index contributed by atoms with van der Waals surface area (Å²) in [6.45, 7) is 4.87. The standard InChI is InChI=1S/C17H21NO3/c1-11-6-4-5-9-18(11)17(19)16-12(2)14-10-13(20-3)7-8-15(14)21-16/h7-8,10-11H,4-6,9H2,1-3H3/t11-/m0/s1. The molecule has 0 radical (unpaired) electrons. The van der Waals surface area contributed by atoms with Crippen LogP contribution < -0.4 is 4.74 Å². The molecule has 1 saturated heterocycles. The fourth-order valence-corrected chi connectivity index (χ4v) is 3.06. The number of piperidine rings is 1. The van der Waals surface area contributed by atoms with Crippen molar-refractivity contribution in [2.75, 3.05) is 13.7 Å². The summed E-state index contributed by atoms with van der Waals surface area (Å²) in [5.41, 5.74) is 1.63. The third-order valence-corrected chi connectivity index (χ3v) is 4.40. The van der Waals surface area contributed by atoms with Crippen molar-refractivity contribution in [1.82, 2.24) is 4.90 Å². The first-order valence-corrected chi connectivity index (χ1v) is 7.50. The first kappa shape index (κ1) is 14.0. The number of furan rings is 1. The molecule has 0 aliphatic carbocycles. The van der Waals surface area contributed by atoms with E-state index >= 15 is 0 Å². The maximum Gasteiger partial charge on any atom is 0.290 e. The normalized spacial score (nSPS) is 19.0. The van der Waals surface area contributed by atoms with Gasteiger partial charge in [-0.3, -0.25) is 4.79 Å². The van der Waals surface area contributed by atoms with Crippen molar-refractivity contribution in [1.29, 1.82) is 0 Å². The molecule has 0 N–H and O–H groups in total. The zero-order chi connectivity index (χ0) is 15.0. The number of likely N-dealkylation sites (tertiary alicyclic amines) is 1. The molecule has 1 aliphatic heterocycles. The first-order valence-electron chi connectivity index (χ1n) is 7.50. The van der Waals surface area contributed by atoms with E-state index in [2.05, 4.69) is 6.92 Å². The third kappa shape index (κ3) is 2.39. The van der Waals surface area contributed by atoms with Crippen molar-refractivity contribution in [3.8, 4) is 5.75 Å². The van der Waals surface area contributed by atoms with Crippen molar-refractivity contribution >= 4 is 16.9 Å². The number of amides is 1. The molecule has 3 rings (SSSR count). The zero-order valence-corrected chi connectivity index (χ0v) is 12.8. The summed E-state index contributed by atoms with van der Waals surface area (Å²) in [6.07, 6.45) is 3.34. The molecule has 0 unspecified atom stereocenters. The van der Waals surface area contributed by atoms with Crippen molar-refractivity contribution in [2.24, 2.45) is 0 Å². The first-order chi connectivity index (χ1) is 10.1. The Morgan fingerprint density at radius 3 is 2.90 bits per heavy atom. The molecule has 1 aliphatic rings. The molecule has 4 nitrogen and oxygen atoms in total. The topological polar surface area (TPSA) is 42.7 Å². The highest BCUT2D eigenvalue weighted by molar-refractivity contribution is 5.99. The number of carbonyl (C=O) groups is 1. The van der Waals surface area contributed by atoms with Gasteiger partial charge in [-0.25, -0.2) is 0 Å². The second kappa shape index (κ2) is 5.43. The number of ether oxygens (including phenoxy) is 1. The number of nitrogens with zero attached hydrogens (tertiary/aromatic N) is 1. The number of rotatable bonds is 2. The van der Waals surface area contributed by atoms with Gasteiger partial charge in [-0.15, -0.1) is 0 Å². The van der Waals surface area contributed by atoms with Crippen LogP contribution in [0.1, 0.15) is 42.3 Å². The Hall–Kier alpha value is -1.97. The molecule has 4 heteroatoms. The number of benzene rings is 1. The van der Waals surface area contributed by atoms with Crippen molar-refractivity contribution in [3.63, 3.8) is 0 Å². The Labute approximate surface area is 124 Å². The van der Waals surface area contributed by atoms with Crippen LogP contribution in [0, 0.1) is 6.92 Å². The monoisotopic (exact) mass is 287 g/mol. The van der Waals surface area contributed by atoms with E-state index in [1.54, 1.807) is 7.11 Å². The number of hydrogen-bond acceptors (Lipinski definition) is 3. The van der Waals surface area contributed by atoms with Crippen molar-refractivity contribution in [2.45, 2.75) is 39.2 Å². The highest BCUT2D eigenvalue weighted by atomic mass is 16.5. The predicted molar refractivity (Wildman–Crippen MR) is 81.9 cm³/mol. The second-order valence-corrected chi connectivity index (χ2v) is 5.76. The Morgan fingerprint density at radius 2 is 2.19 bits per heavy atom. The molecule has 0 saturated carbocycles. The summed E-state index contributed by atoms with van der Waals surface area (Å²) in [5, 5.41) is 0.947. The fourth-order valence-electron chi connectivity index (χ4n) is 3.06. The quantitative estimate of drug-likeness (QED) is 0.844. The van der Waals surface area contributed by atoms with Gasteiger partial charge in [0.15, 0.2) is 5.76 Å². The molecule has 112 valence electrons. The summed E-state index contributed by atoms with van der Waals surface area (Å²) in [4.78, 5) is 14.7. The Bertz CT molecular complexity index is 674. The van der Waals surface area contributed by atoms with Gasteiger partial charge < -0.3 is 14.1 Å². The minimum atomic E-state index is 0.00914. The van der Waals surface area contributed by atoms with Gasteiger partial charge in [-0.2, -0.15) is 0 Å². The average Bonchev–Trinajstić information content (AvgIpc) is 2.83. The molecule has 21 heavy (non-hydrogen) atoms. The lowest BCUT2D eigenvalue weighted by Gasteiger charge is -2.32. The molecule has 2 heterocycles. The van der Waals surface area contributed by atoms with E-state index in [0.29, 0.717) is 5.76 Å². The number of methoxy groups -OCH3 is 1. The van der Waals surface area contributed by atoms with Crippen LogP contribution in [0.15, 0.2) is 22.6 Å². The van der Waals surface area contributed by atoms with Gasteiger partial charge in [0, 0.05) is 23.5 Å². The van der Waals surface area contributed by atoms with Gasteiger partial charge in [-0.05, 0) is 51.3 Å². The summed E-state index contributed by atoms with van der Waals surface area (Å²) in [5.74, 6) is 1.25. The van der Waals surface area contributed by atoms with E-state index in [1.165, 1.54) is 6.42 Å². The third-order valence-electron chi connectivity index (χ3n) is 4.40. The molecule has 0 spiro atoms. The number of hydrogen-bond donors (Lipinski definition) is 0. The van der Waals surface area contributed by atoms with Crippen LogP contribution in [0.2, 0.25) is 0 Å². The summed E-state index contributed by atoms with van der Waals surface area (Å²) in [6, 6.07) is 5.92. The summed E-state index contributed by atoms with van der Waals surface area (Å²) < 4.78 is 11.1. The number of aryl methyl sites for hydroxylation is 1. The van der Waals surface area contributed by atoms with Gasteiger partial charge >= 0.3 is 0 Å². The van der Waals surface area contributed by atoms with E-state index in [-0.39, 0.29) is 11.9 Å². The second-order valence-electron chi connectivity index (χ2n) is 5.76. The lowest BCUT2D eigenvalue weighted by molar-refractivity contribution is 0.0604. The lowest BCUT2D eigenvalue weighted by Crippen LogP contribution is -2.42. The molecule has 2 aromatic rings. The molecule has 0 bridgehead atoms. The Kier molecular flexibility index (Phi) is 3.62. The zero-order valence-electron chi connectivity index (χ0n) is 12.8. The van der Waals surface area contributed by atoms with Crippen LogP contribution in [0.3, 0.4) is 0 Å². The molecular formula is C17H21NO3. The molecule has 1 aromatic carbocycles. The number of carbonyl (C=O) groups excluding carboxylic acids is 1. The van der Waals surface area contributed by atoms with E-state index < -0.39 is 0 Å². The minimum Gasteiger partial charge on any atom is -0.497 e. The molecule has 1 aromatic heterocycles. The molecular weight excluding hydrogens is 266 g/mol.